The van der Waals surface area contributed by atoms with Crippen molar-refractivity contribution in [2.75, 3.05) is 6.54 Å². The number of Topliss-reactive ketones (excluding diaryl/α,β-unsaturated/α-hetero) is 1. The van der Waals surface area contributed by atoms with Gasteiger partial charge in [-0.15, -0.1) is 11.3 Å². The molecule has 0 bridgehead atoms. The van der Waals surface area contributed by atoms with Gasteiger partial charge in [0.2, 0.25) is 17.6 Å². The maximum Gasteiger partial charge on any atom is 0.289 e. The molecular weight excluding hydrogens is 564 g/mol. The highest BCUT2D eigenvalue weighted by atomic mass is 32.1. The molecule has 0 spiro atoms. The molecule has 2 aliphatic carbocycles. The van der Waals surface area contributed by atoms with Crippen LogP contribution in [-0.4, -0.2) is 54.1 Å². The minimum Gasteiger partial charge on any atom is -0.356 e. The largest absolute Gasteiger partial charge is 0.356 e. The number of hydrogen-bond acceptors (Lipinski definition) is 6. The summed E-state index contributed by atoms with van der Waals surface area (Å²) >= 11 is 1.37. The third kappa shape index (κ3) is 8.43. The monoisotopic (exact) mass is 608 g/mol. The molecule has 1 saturated heterocycles. The molecule has 3 fully saturated rings. The number of benzene rings is 1. The highest BCUT2D eigenvalue weighted by Crippen LogP contribution is 2.29. The number of nitrogens with one attached hydrogen (secondary N) is 4. The maximum atomic E-state index is 13.9. The quantitative estimate of drug-likeness (QED) is 0.281. The summed E-state index contributed by atoms with van der Waals surface area (Å²) in [5.74, 6) is -2.63. The fraction of sp³-hybridized carbons (Fsp3) is 0.606. The normalized spacial score (nSPS) is 21.4. The van der Waals surface area contributed by atoms with Crippen molar-refractivity contribution in [2.24, 2.45) is 11.8 Å². The number of thiophene rings is 1. The molecule has 4 amide bonds. The summed E-state index contributed by atoms with van der Waals surface area (Å²) < 4.78 is 0.987. The van der Waals surface area contributed by atoms with Crippen LogP contribution in [0.25, 0.3) is 10.1 Å². The van der Waals surface area contributed by atoms with Crippen molar-refractivity contribution in [2.45, 2.75) is 108 Å². The average molecular weight is 609 g/mol. The minimum absolute atomic E-state index is 0.0505. The first-order chi connectivity index (χ1) is 20.9. The van der Waals surface area contributed by atoms with Gasteiger partial charge in [0.05, 0.1) is 10.9 Å². The zero-order chi connectivity index (χ0) is 30.2. The molecular formula is C33H44N4O5S. The Morgan fingerprint density at radius 1 is 0.837 bits per heavy atom. The number of amides is 4. The van der Waals surface area contributed by atoms with Gasteiger partial charge in [0, 0.05) is 23.2 Å². The summed E-state index contributed by atoms with van der Waals surface area (Å²) in [5, 5.41) is 12.5. The molecule has 3 aliphatic rings. The topological polar surface area (TPSA) is 133 Å². The minimum atomic E-state index is -1.15. The van der Waals surface area contributed by atoms with Crippen LogP contribution in [0.1, 0.15) is 99.6 Å². The van der Waals surface area contributed by atoms with Gasteiger partial charge in [-0.2, -0.15) is 0 Å². The van der Waals surface area contributed by atoms with E-state index < -0.39 is 35.6 Å². The van der Waals surface area contributed by atoms with Crippen LogP contribution in [0, 0.1) is 11.8 Å². The van der Waals surface area contributed by atoms with Gasteiger partial charge in [-0.05, 0) is 62.0 Å². The summed E-state index contributed by atoms with van der Waals surface area (Å²) in [5.41, 5.74) is 0. The van der Waals surface area contributed by atoms with Crippen LogP contribution in [0.3, 0.4) is 0 Å². The molecule has 1 aliphatic heterocycles. The number of ketones is 1. The van der Waals surface area contributed by atoms with E-state index in [9.17, 15) is 24.0 Å². The van der Waals surface area contributed by atoms with Gasteiger partial charge in [0.15, 0.2) is 0 Å². The predicted molar refractivity (Wildman–Crippen MR) is 167 cm³/mol. The molecule has 4 N–H and O–H groups in total. The first-order valence-corrected chi connectivity index (χ1v) is 16.9. The van der Waals surface area contributed by atoms with Crippen molar-refractivity contribution >= 4 is 50.8 Å². The fourth-order valence-corrected chi connectivity index (χ4v) is 7.79. The first kappa shape index (κ1) is 31.2. The molecule has 5 rings (SSSR count). The smallest absolute Gasteiger partial charge is 0.289 e. The molecule has 43 heavy (non-hydrogen) atoms. The molecule has 1 aromatic carbocycles. The van der Waals surface area contributed by atoms with E-state index in [2.05, 4.69) is 21.3 Å². The van der Waals surface area contributed by atoms with Crippen molar-refractivity contribution in [1.29, 1.82) is 0 Å². The van der Waals surface area contributed by atoms with Gasteiger partial charge < -0.3 is 21.3 Å². The predicted octanol–water partition coefficient (Wildman–Crippen LogP) is 4.39. The van der Waals surface area contributed by atoms with Crippen LogP contribution in [0.2, 0.25) is 0 Å². The molecule has 0 unspecified atom stereocenters. The maximum absolute atomic E-state index is 13.9. The van der Waals surface area contributed by atoms with Gasteiger partial charge in [-0.25, -0.2) is 0 Å². The van der Waals surface area contributed by atoms with Crippen molar-refractivity contribution < 1.29 is 24.0 Å². The summed E-state index contributed by atoms with van der Waals surface area (Å²) in [6.45, 7) is 0.579. The van der Waals surface area contributed by atoms with E-state index in [-0.39, 0.29) is 30.2 Å². The molecule has 2 saturated carbocycles. The standard InChI is InChI=1S/C33H44N4O5S/c38-29(33(42)35-24-14-5-2-6-15-24)25(19-23-13-9-17-34-30(23)39)36-31(40)26(18-21-10-3-1-4-11-21)37-32(41)28-20-22-12-7-8-16-27(22)43-28/h7-8,12,16,20-21,23-26H,1-6,9-11,13-15,17-19H2,(H,34,39)(H,35,42)(H,36,40)(H,37,41)/t23-,25-,26-/m0/s1. The van der Waals surface area contributed by atoms with E-state index in [0.29, 0.717) is 24.3 Å². The van der Waals surface area contributed by atoms with Crippen molar-refractivity contribution in [3.63, 3.8) is 0 Å². The lowest BCUT2D eigenvalue weighted by Crippen LogP contribution is -2.56. The summed E-state index contributed by atoms with van der Waals surface area (Å²) in [6, 6.07) is 7.51. The third-order valence-corrected chi connectivity index (χ3v) is 10.4. The molecule has 3 atom stereocenters. The van der Waals surface area contributed by atoms with E-state index in [4.69, 9.17) is 0 Å². The Morgan fingerprint density at radius 3 is 2.28 bits per heavy atom. The van der Waals surface area contributed by atoms with Crippen molar-refractivity contribution in [3.8, 4) is 0 Å². The van der Waals surface area contributed by atoms with Gasteiger partial charge >= 0.3 is 0 Å². The van der Waals surface area contributed by atoms with Crippen LogP contribution in [-0.2, 0) is 19.2 Å². The highest BCUT2D eigenvalue weighted by Gasteiger charge is 2.36. The molecule has 2 heterocycles. The van der Waals surface area contributed by atoms with Gasteiger partial charge in [0.25, 0.3) is 11.8 Å². The number of fused-ring (bicyclic) bond motifs is 1. The van der Waals surface area contributed by atoms with E-state index in [1.807, 2.05) is 30.3 Å². The summed E-state index contributed by atoms with van der Waals surface area (Å²) in [4.78, 5) is 67.1. The van der Waals surface area contributed by atoms with Crippen molar-refractivity contribution in [3.05, 3.63) is 35.2 Å². The Bertz CT molecular complexity index is 1280. The SMILES string of the molecule is O=C(NC1CCCCC1)C(=O)[C@H](C[C@@H]1CCCNC1=O)NC(=O)[C@H](CC1CCCCC1)NC(=O)c1cc2ccccc2s1. The van der Waals surface area contributed by atoms with E-state index in [1.54, 1.807) is 0 Å². The Labute approximate surface area is 257 Å². The molecule has 1 aromatic heterocycles. The van der Waals surface area contributed by atoms with E-state index in [0.717, 1.165) is 80.7 Å². The average Bonchev–Trinajstić information content (AvgIpc) is 3.47. The second kappa shape index (κ2) is 14.9. The molecule has 232 valence electrons. The lowest BCUT2D eigenvalue weighted by atomic mass is 9.84. The first-order valence-electron chi connectivity index (χ1n) is 16.1. The summed E-state index contributed by atoms with van der Waals surface area (Å²) in [6.07, 6.45) is 12.0. The molecule has 0 radical (unpaired) electrons. The molecule has 9 nitrogen and oxygen atoms in total. The second-order valence-electron chi connectivity index (χ2n) is 12.5. The zero-order valence-corrected chi connectivity index (χ0v) is 25.6. The van der Waals surface area contributed by atoms with Gasteiger partial charge in [0.1, 0.15) is 6.04 Å². The summed E-state index contributed by atoms with van der Waals surface area (Å²) in [7, 11) is 0. The lowest BCUT2D eigenvalue weighted by molar-refractivity contribution is -0.141. The van der Waals surface area contributed by atoms with E-state index >= 15 is 0 Å². The van der Waals surface area contributed by atoms with Crippen LogP contribution in [0.4, 0.5) is 0 Å². The Morgan fingerprint density at radius 2 is 1.56 bits per heavy atom. The molecule has 2 aromatic rings. The van der Waals surface area contributed by atoms with E-state index in [1.165, 1.54) is 11.3 Å². The van der Waals surface area contributed by atoms with Crippen LogP contribution in [0.5, 0.6) is 0 Å². The fourth-order valence-electron chi connectivity index (χ4n) is 6.82. The zero-order valence-electron chi connectivity index (χ0n) is 24.8. The van der Waals surface area contributed by atoms with Crippen molar-refractivity contribution in [1.82, 2.24) is 21.3 Å². The van der Waals surface area contributed by atoms with Gasteiger partial charge in [-0.1, -0.05) is 69.6 Å². The number of carbonyl (C=O) groups excluding carboxylic acids is 5. The van der Waals surface area contributed by atoms with Gasteiger partial charge in [-0.3, -0.25) is 24.0 Å². The van der Waals surface area contributed by atoms with Crippen LogP contribution >= 0.6 is 11.3 Å². The number of hydrogen-bond donors (Lipinski definition) is 4. The lowest BCUT2D eigenvalue weighted by Gasteiger charge is -2.30. The Balaban J connectivity index is 1.33. The van der Waals surface area contributed by atoms with Crippen LogP contribution < -0.4 is 21.3 Å². The highest BCUT2D eigenvalue weighted by molar-refractivity contribution is 7.20. The third-order valence-electron chi connectivity index (χ3n) is 9.28. The van der Waals surface area contributed by atoms with Crippen LogP contribution in [0.15, 0.2) is 30.3 Å². The number of carbonyl (C=O) groups is 5. The number of rotatable bonds is 11. The second-order valence-corrected chi connectivity index (χ2v) is 13.6. The Kier molecular flexibility index (Phi) is 10.8. The Hall–Kier alpha value is -3.27. The number of piperidine rings is 1. The molecule has 10 heteroatoms.